The highest BCUT2D eigenvalue weighted by Gasteiger charge is 2.39. The lowest BCUT2D eigenvalue weighted by molar-refractivity contribution is -0.137. The maximum absolute atomic E-state index is 14.1. The first kappa shape index (κ1) is 31.9. The molecule has 0 spiro atoms. The van der Waals surface area contributed by atoms with Crippen LogP contribution in [0.2, 0.25) is 5.02 Å². The number of likely N-dealkylation sites (tertiary alicyclic amines) is 1. The summed E-state index contributed by atoms with van der Waals surface area (Å²) < 4.78 is 48.4. The van der Waals surface area contributed by atoms with Gasteiger partial charge in [0, 0.05) is 44.3 Å². The van der Waals surface area contributed by atoms with E-state index in [-0.39, 0.29) is 47.7 Å². The molecule has 9 nitrogen and oxygen atoms in total. The molecule has 0 radical (unpaired) electrons. The number of rotatable bonds is 8. The quantitative estimate of drug-likeness (QED) is 0.379. The summed E-state index contributed by atoms with van der Waals surface area (Å²) in [4.78, 5) is 29.8. The Kier molecular flexibility index (Phi) is 9.56. The Morgan fingerprint density at radius 2 is 2.00 bits per heavy atom. The Morgan fingerprint density at radius 1 is 1.20 bits per heavy atom. The summed E-state index contributed by atoms with van der Waals surface area (Å²) in [7, 11) is 0. The van der Waals surface area contributed by atoms with Gasteiger partial charge in [-0.05, 0) is 43.5 Å². The molecule has 2 aromatic rings. The van der Waals surface area contributed by atoms with Crippen LogP contribution < -0.4 is 14.5 Å². The Hall–Kier alpha value is -3.56. The monoisotopic (exact) mass is 631 g/mol. The Balaban J connectivity index is 1.49. The number of piperazine rings is 1. The third kappa shape index (κ3) is 6.59. The van der Waals surface area contributed by atoms with Gasteiger partial charge in [-0.2, -0.15) is 28.4 Å². The van der Waals surface area contributed by atoms with Crippen LogP contribution in [0.1, 0.15) is 43.5 Å². The summed E-state index contributed by atoms with van der Waals surface area (Å²) in [5.41, 5.74) is 0.543. The molecule has 44 heavy (non-hydrogen) atoms. The van der Waals surface area contributed by atoms with Crippen molar-refractivity contribution in [1.29, 1.82) is 5.26 Å². The number of halogens is 4. The number of anilines is 2. The van der Waals surface area contributed by atoms with Crippen LogP contribution in [-0.4, -0.2) is 83.6 Å². The largest absolute Gasteiger partial charge is 0.462 e. The lowest BCUT2D eigenvalue weighted by Gasteiger charge is -2.42. The van der Waals surface area contributed by atoms with E-state index in [2.05, 4.69) is 31.4 Å². The second kappa shape index (κ2) is 13.2. The summed E-state index contributed by atoms with van der Waals surface area (Å²) in [6.07, 6.45) is -1.85. The summed E-state index contributed by atoms with van der Waals surface area (Å²) >= 11 is 6.05. The van der Waals surface area contributed by atoms with Crippen LogP contribution in [0.4, 0.5) is 24.7 Å². The topological polar surface area (TPSA) is 88.8 Å². The predicted molar refractivity (Wildman–Crippen MR) is 162 cm³/mol. The van der Waals surface area contributed by atoms with Crippen LogP contribution in [0.25, 0.3) is 0 Å². The number of carbonyl (C=O) groups is 1. The molecule has 3 atom stereocenters. The number of alkyl halides is 3. The summed E-state index contributed by atoms with van der Waals surface area (Å²) in [5, 5.41) is 9.13. The molecule has 2 saturated heterocycles. The smallest absolute Gasteiger partial charge is 0.419 e. The molecule has 2 fully saturated rings. The molecule has 0 saturated carbocycles. The van der Waals surface area contributed by atoms with Crippen molar-refractivity contribution in [2.24, 2.45) is 5.92 Å². The van der Waals surface area contributed by atoms with Gasteiger partial charge >= 0.3 is 12.2 Å². The number of hydrogen-bond acceptors (Lipinski definition) is 8. The van der Waals surface area contributed by atoms with Gasteiger partial charge in [0.25, 0.3) is 0 Å². The molecular weight excluding hydrogens is 595 g/mol. The molecule has 236 valence electrons. The average molecular weight is 632 g/mol. The van der Waals surface area contributed by atoms with Gasteiger partial charge in [0.1, 0.15) is 12.4 Å². The number of nitriles is 1. The third-order valence-corrected chi connectivity index (χ3v) is 9.07. The van der Waals surface area contributed by atoms with Crippen LogP contribution in [0.15, 0.2) is 30.9 Å². The van der Waals surface area contributed by atoms with Crippen LogP contribution in [0.3, 0.4) is 0 Å². The normalized spacial score (nSPS) is 22.5. The van der Waals surface area contributed by atoms with Gasteiger partial charge in [0.05, 0.1) is 47.0 Å². The molecular formula is C31H37ClF3N7O2. The highest BCUT2D eigenvalue weighted by molar-refractivity contribution is 6.31. The predicted octanol–water partition coefficient (Wildman–Crippen LogP) is 4.94. The number of aromatic nitrogens is 2. The van der Waals surface area contributed by atoms with Crippen molar-refractivity contribution in [3.63, 3.8) is 0 Å². The number of carbonyl (C=O) groups excluding carboxylic acids is 1. The van der Waals surface area contributed by atoms with Gasteiger partial charge in [-0.25, -0.2) is 0 Å². The molecule has 3 aliphatic heterocycles. The summed E-state index contributed by atoms with van der Waals surface area (Å²) in [6.45, 7) is 11.8. The second-order valence-electron chi connectivity index (χ2n) is 11.6. The van der Waals surface area contributed by atoms with Crippen molar-refractivity contribution in [3.05, 3.63) is 52.7 Å². The number of ether oxygens (including phenoxy) is 1. The second-order valence-corrected chi connectivity index (χ2v) is 12.1. The Morgan fingerprint density at radius 3 is 2.70 bits per heavy atom. The van der Waals surface area contributed by atoms with Crippen molar-refractivity contribution in [2.75, 3.05) is 55.7 Å². The molecule has 5 rings (SSSR count). The number of likely N-dealkylation sites (N-methyl/N-ethyl adjacent to an activating group) is 1. The molecule has 1 aromatic heterocycles. The van der Waals surface area contributed by atoms with Crippen LogP contribution in [-0.2, 0) is 23.9 Å². The van der Waals surface area contributed by atoms with Gasteiger partial charge in [-0.15, -0.1) is 0 Å². The van der Waals surface area contributed by atoms with Crippen LogP contribution in [0, 0.1) is 17.2 Å². The van der Waals surface area contributed by atoms with E-state index in [1.807, 2.05) is 4.90 Å². The minimum atomic E-state index is -4.62. The summed E-state index contributed by atoms with van der Waals surface area (Å²) in [6, 6.07) is 6.38. The van der Waals surface area contributed by atoms with E-state index in [1.165, 1.54) is 24.3 Å². The lowest BCUT2D eigenvalue weighted by Crippen LogP contribution is -2.55. The first-order valence-corrected chi connectivity index (χ1v) is 15.3. The minimum absolute atomic E-state index is 0.00227. The van der Waals surface area contributed by atoms with Crippen LogP contribution in [0.5, 0.6) is 6.01 Å². The van der Waals surface area contributed by atoms with E-state index in [9.17, 15) is 23.2 Å². The zero-order valence-corrected chi connectivity index (χ0v) is 25.7. The van der Waals surface area contributed by atoms with Gasteiger partial charge in [-0.3, -0.25) is 9.69 Å². The van der Waals surface area contributed by atoms with Crippen molar-refractivity contribution >= 4 is 29.0 Å². The number of nitrogens with zero attached hydrogens (tertiary/aromatic N) is 7. The summed E-state index contributed by atoms with van der Waals surface area (Å²) in [5.74, 6) is 0.944. The number of fused-ring (bicyclic) bond motifs is 1. The minimum Gasteiger partial charge on any atom is -0.462 e. The first-order valence-electron chi connectivity index (χ1n) is 15.0. The fraction of sp³-hybridized carbons (Fsp3) is 0.548. The molecule has 0 N–H and O–H groups in total. The van der Waals surface area contributed by atoms with Crippen molar-refractivity contribution in [2.45, 2.75) is 57.9 Å². The fourth-order valence-corrected chi connectivity index (χ4v) is 6.96. The zero-order valence-electron chi connectivity index (χ0n) is 25.0. The maximum Gasteiger partial charge on any atom is 0.419 e. The number of amides is 1. The first-order chi connectivity index (χ1) is 21.0. The van der Waals surface area contributed by atoms with Crippen LogP contribution >= 0.6 is 11.6 Å². The van der Waals surface area contributed by atoms with E-state index in [0.717, 1.165) is 25.1 Å². The van der Waals surface area contributed by atoms with E-state index in [4.69, 9.17) is 26.3 Å². The van der Waals surface area contributed by atoms with Gasteiger partial charge in [-0.1, -0.05) is 38.1 Å². The molecule has 0 aliphatic carbocycles. The van der Waals surface area contributed by atoms with Crippen molar-refractivity contribution in [3.8, 4) is 12.1 Å². The highest BCUT2D eigenvalue weighted by atomic mass is 35.5. The lowest BCUT2D eigenvalue weighted by atomic mass is 10.0. The van der Waals surface area contributed by atoms with Gasteiger partial charge < -0.3 is 19.4 Å². The number of benzene rings is 1. The SMILES string of the molecule is C=CC(=O)N1CCN(c2nc(OC[C@@H]3C[C@@H](C)CN3CC)nc3c2CCN(c2cccc(Cl)c2C(F)(F)F)C3)C[C@@H]1CC#N. The number of hydrogen-bond donors (Lipinski definition) is 0. The Labute approximate surface area is 260 Å². The standard InChI is InChI=1S/C31H37ClF3N7O2/c1-4-27(43)42-14-13-41(17-21(42)9-11-36)29-23-10-12-40(26-8-6-7-24(32)28(26)31(33,34)35)18-25(23)37-30(38-29)44-19-22-15-20(3)16-39(22)5-2/h4,6-8,20-22H,1,5,9-10,12-19H2,2-3H3/t20-,21+,22+/m1/s1. The molecule has 13 heteroatoms. The molecule has 1 amide bonds. The van der Waals surface area contributed by atoms with E-state index >= 15 is 0 Å². The third-order valence-electron chi connectivity index (χ3n) is 8.75. The fourth-order valence-electron chi connectivity index (χ4n) is 6.68. The van der Waals surface area contributed by atoms with Crippen molar-refractivity contribution < 1.29 is 22.7 Å². The highest BCUT2D eigenvalue weighted by Crippen LogP contribution is 2.43. The Bertz CT molecular complexity index is 1430. The molecule has 3 aliphatic rings. The van der Waals surface area contributed by atoms with E-state index in [1.54, 1.807) is 9.80 Å². The zero-order chi connectivity index (χ0) is 31.6. The van der Waals surface area contributed by atoms with E-state index < -0.39 is 11.7 Å². The molecule has 0 unspecified atom stereocenters. The maximum atomic E-state index is 14.1. The molecule has 1 aromatic carbocycles. The van der Waals surface area contributed by atoms with Gasteiger partial charge in [0.15, 0.2) is 0 Å². The van der Waals surface area contributed by atoms with E-state index in [0.29, 0.717) is 56.6 Å². The molecule has 4 heterocycles. The average Bonchev–Trinajstić information content (AvgIpc) is 3.37. The molecule has 0 bridgehead atoms. The van der Waals surface area contributed by atoms with Crippen molar-refractivity contribution in [1.82, 2.24) is 19.8 Å². The van der Waals surface area contributed by atoms with Gasteiger partial charge in [0.2, 0.25) is 5.91 Å².